The molecule has 0 unspecified atom stereocenters. The van der Waals surface area contributed by atoms with Crippen LogP contribution < -0.4 is 0 Å². The van der Waals surface area contributed by atoms with E-state index < -0.39 is 0 Å². The molecule has 5 heteroatoms. The van der Waals surface area contributed by atoms with Gasteiger partial charge in [0.1, 0.15) is 6.26 Å². The van der Waals surface area contributed by atoms with Crippen LogP contribution in [0.4, 0.5) is 0 Å². The van der Waals surface area contributed by atoms with Gasteiger partial charge in [-0.05, 0) is 31.7 Å². The lowest BCUT2D eigenvalue weighted by Gasteiger charge is -2.33. The first-order chi connectivity index (χ1) is 9.75. The van der Waals surface area contributed by atoms with E-state index in [1.165, 1.54) is 12.5 Å². The van der Waals surface area contributed by atoms with E-state index in [-0.39, 0.29) is 17.7 Å². The molecular formula is C15H20N2O3. The summed E-state index contributed by atoms with van der Waals surface area (Å²) in [6.45, 7) is 3.03. The second kappa shape index (κ2) is 5.69. The Morgan fingerprint density at radius 3 is 2.55 bits per heavy atom. The molecule has 1 aromatic rings. The van der Waals surface area contributed by atoms with E-state index in [2.05, 4.69) is 0 Å². The van der Waals surface area contributed by atoms with Crippen LogP contribution in [0.3, 0.4) is 0 Å². The Balaban J connectivity index is 1.64. The van der Waals surface area contributed by atoms with E-state index in [0.29, 0.717) is 12.1 Å². The molecule has 2 fully saturated rings. The van der Waals surface area contributed by atoms with E-state index in [0.717, 1.165) is 45.3 Å². The van der Waals surface area contributed by atoms with Crippen LogP contribution >= 0.6 is 0 Å². The topological polar surface area (TPSA) is 53.8 Å². The molecular weight excluding hydrogens is 256 g/mol. The summed E-state index contributed by atoms with van der Waals surface area (Å²) in [7, 11) is 0. The standard InChI is InChI=1S/C15H20N2O3/c18-14(16-6-1-2-7-16)12-4-3-8-17(10-12)15(19)13-5-9-20-11-13/h5,9,11-12H,1-4,6-8,10H2/t12-/m1/s1. The number of carbonyl (C=O) groups is 2. The SMILES string of the molecule is O=C(c1ccoc1)N1CCC[C@@H](C(=O)N2CCCC2)C1. The Morgan fingerprint density at radius 1 is 1.10 bits per heavy atom. The fraction of sp³-hybridized carbons (Fsp3) is 0.600. The Morgan fingerprint density at radius 2 is 1.85 bits per heavy atom. The second-order valence-corrected chi connectivity index (χ2v) is 5.63. The molecule has 0 bridgehead atoms. The zero-order valence-corrected chi connectivity index (χ0v) is 11.6. The minimum absolute atomic E-state index is 0.0299. The van der Waals surface area contributed by atoms with E-state index >= 15 is 0 Å². The summed E-state index contributed by atoms with van der Waals surface area (Å²) in [4.78, 5) is 28.5. The number of likely N-dealkylation sites (tertiary alicyclic amines) is 2. The lowest BCUT2D eigenvalue weighted by atomic mass is 9.96. The van der Waals surface area contributed by atoms with Crippen molar-refractivity contribution in [3.63, 3.8) is 0 Å². The molecule has 20 heavy (non-hydrogen) atoms. The van der Waals surface area contributed by atoms with E-state index in [4.69, 9.17) is 4.42 Å². The van der Waals surface area contributed by atoms with Crippen LogP contribution in [-0.4, -0.2) is 47.8 Å². The normalized spacial score (nSPS) is 23.1. The predicted molar refractivity (Wildman–Crippen MR) is 73.1 cm³/mol. The predicted octanol–water partition coefficient (Wildman–Crippen LogP) is 1.75. The van der Waals surface area contributed by atoms with Gasteiger partial charge in [0.05, 0.1) is 17.7 Å². The van der Waals surface area contributed by atoms with Gasteiger partial charge in [-0.2, -0.15) is 0 Å². The van der Waals surface area contributed by atoms with Crippen molar-refractivity contribution in [1.29, 1.82) is 0 Å². The first-order valence-corrected chi connectivity index (χ1v) is 7.36. The van der Waals surface area contributed by atoms with Crippen LogP contribution in [0.2, 0.25) is 0 Å². The lowest BCUT2D eigenvalue weighted by Crippen LogP contribution is -2.46. The molecule has 108 valence electrons. The minimum Gasteiger partial charge on any atom is -0.472 e. The van der Waals surface area contributed by atoms with E-state index in [1.807, 2.05) is 4.90 Å². The number of hydrogen-bond acceptors (Lipinski definition) is 3. The average molecular weight is 276 g/mol. The monoisotopic (exact) mass is 276 g/mol. The number of piperidine rings is 1. The van der Waals surface area contributed by atoms with Gasteiger partial charge in [-0.1, -0.05) is 0 Å². The number of carbonyl (C=O) groups excluding carboxylic acids is 2. The first-order valence-electron chi connectivity index (χ1n) is 7.36. The summed E-state index contributed by atoms with van der Waals surface area (Å²) in [5, 5.41) is 0. The number of amides is 2. The van der Waals surface area contributed by atoms with Crippen LogP contribution in [0.5, 0.6) is 0 Å². The molecule has 3 heterocycles. The molecule has 0 aromatic carbocycles. The highest BCUT2D eigenvalue weighted by molar-refractivity contribution is 5.94. The van der Waals surface area contributed by atoms with E-state index in [9.17, 15) is 9.59 Å². The minimum atomic E-state index is -0.0299. The molecule has 3 rings (SSSR count). The van der Waals surface area contributed by atoms with Gasteiger partial charge < -0.3 is 14.2 Å². The van der Waals surface area contributed by atoms with Gasteiger partial charge in [0.15, 0.2) is 0 Å². The van der Waals surface area contributed by atoms with Crippen molar-refractivity contribution < 1.29 is 14.0 Å². The van der Waals surface area contributed by atoms with Crippen molar-refractivity contribution in [2.24, 2.45) is 5.92 Å². The Labute approximate surface area is 118 Å². The third-order valence-corrected chi connectivity index (χ3v) is 4.24. The summed E-state index contributed by atoms with van der Waals surface area (Å²) in [5.74, 6) is 0.169. The fourth-order valence-electron chi connectivity index (χ4n) is 3.13. The third-order valence-electron chi connectivity index (χ3n) is 4.24. The zero-order valence-electron chi connectivity index (χ0n) is 11.6. The molecule has 2 saturated heterocycles. The Kier molecular flexibility index (Phi) is 3.76. The summed E-state index contributed by atoms with van der Waals surface area (Å²) >= 11 is 0. The zero-order chi connectivity index (χ0) is 13.9. The van der Waals surface area contributed by atoms with Crippen molar-refractivity contribution >= 4 is 11.8 Å². The van der Waals surface area contributed by atoms with Crippen LogP contribution in [0.25, 0.3) is 0 Å². The fourth-order valence-corrected chi connectivity index (χ4v) is 3.13. The maximum absolute atomic E-state index is 12.4. The highest BCUT2D eigenvalue weighted by Crippen LogP contribution is 2.22. The molecule has 1 aromatic heterocycles. The van der Waals surface area contributed by atoms with Crippen molar-refractivity contribution in [3.05, 3.63) is 24.2 Å². The molecule has 0 radical (unpaired) electrons. The largest absolute Gasteiger partial charge is 0.472 e. The smallest absolute Gasteiger partial charge is 0.257 e. The maximum atomic E-state index is 12.4. The van der Waals surface area contributed by atoms with Crippen LogP contribution in [0, 0.1) is 5.92 Å². The Hall–Kier alpha value is -1.78. The molecule has 0 aliphatic carbocycles. The van der Waals surface area contributed by atoms with Crippen molar-refractivity contribution in [2.45, 2.75) is 25.7 Å². The van der Waals surface area contributed by atoms with Crippen LogP contribution in [0.1, 0.15) is 36.0 Å². The lowest BCUT2D eigenvalue weighted by molar-refractivity contribution is -0.135. The van der Waals surface area contributed by atoms with Gasteiger partial charge >= 0.3 is 0 Å². The molecule has 0 N–H and O–H groups in total. The third kappa shape index (κ3) is 2.57. The highest BCUT2D eigenvalue weighted by atomic mass is 16.3. The molecule has 1 atom stereocenters. The average Bonchev–Trinajstić information content (AvgIpc) is 3.18. The van der Waals surface area contributed by atoms with Gasteiger partial charge in [-0.15, -0.1) is 0 Å². The number of nitrogens with zero attached hydrogens (tertiary/aromatic N) is 2. The van der Waals surface area contributed by atoms with Gasteiger partial charge in [0.2, 0.25) is 5.91 Å². The summed E-state index contributed by atoms with van der Waals surface area (Å²) in [6.07, 6.45) is 6.98. The Bertz CT molecular complexity index is 477. The molecule has 0 saturated carbocycles. The molecule has 5 nitrogen and oxygen atoms in total. The van der Waals surface area contributed by atoms with Gasteiger partial charge in [0.25, 0.3) is 5.91 Å². The number of furan rings is 1. The molecule has 2 aliphatic heterocycles. The first kappa shape index (κ1) is 13.2. The van der Waals surface area contributed by atoms with E-state index in [1.54, 1.807) is 11.0 Å². The van der Waals surface area contributed by atoms with Crippen molar-refractivity contribution in [3.8, 4) is 0 Å². The van der Waals surface area contributed by atoms with Gasteiger partial charge in [-0.3, -0.25) is 9.59 Å². The number of rotatable bonds is 2. The number of hydrogen-bond donors (Lipinski definition) is 0. The van der Waals surface area contributed by atoms with Crippen molar-refractivity contribution in [2.75, 3.05) is 26.2 Å². The van der Waals surface area contributed by atoms with Gasteiger partial charge in [0, 0.05) is 26.2 Å². The second-order valence-electron chi connectivity index (χ2n) is 5.63. The van der Waals surface area contributed by atoms with Crippen molar-refractivity contribution in [1.82, 2.24) is 9.80 Å². The molecule has 0 spiro atoms. The summed E-state index contributed by atoms with van der Waals surface area (Å²) in [6, 6.07) is 1.67. The maximum Gasteiger partial charge on any atom is 0.257 e. The summed E-state index contributed by atoms with van der Waals surface area (Å²) < 4.78 is 4.96. The molecule has 2 aliphatic rings. The highest BCUT2D eigenvalue weighted by Gasteiger charge is 2.32. The summed E-state index contributed by atoms with van der Waals surface area (Å²) in [5.41, 5.74) is 0.569. The molecule has 2 amide bonds. The van der Waals surface area contributed by atoms with Crippen LogP contribution in [0.15, 0.2) is 23.0 Å². The quantitative estimate of drug-likeness (QED) is 0.827. The van der Waals surface area contributed by atoms with Crippen LogP contribution in [-0.2, 0) is 4.79 Å². The van der Waals surface area contributed by atoms with Gasteiger partial charge in [-0.25, -0.2) is 0 Å².